The fraction of sp³-hybridized carbons (Fsp3) is 0.455. The number of rotatable bonds is 5. The van der Waals surface area contributed by atoms with Crippen LogP contribution in [0.2, 0.25) is 0 Å². The maximum absolute atomic E-state index is 12.4. The first-order chi connectivity index (χ1) is 8.66. The molecule has 0 fully saturated rings. The maximum Gasteiger partial charge on any atom is 0.402 e. The molecule has 0 saturated carbocycles. The predicted octanol–water partition coefficient (Wildman–Crippen LogP) is 2.36. The molecular formula is C11H14F3NO3S. The summed E-state index contributed by atoms with van der Waals surface area (Å²) in [7, 11) is -4.21. The van der Waals surface area contributed by atoms with Crippen molar-refractivity contribution in [1.29, 1.82) is 0 Å². The van der Waals surface area contributed by atoms with Crippen molar-refractivity contribution in [2.75, 3.05) is 13.1 Å². The zero-order valence-corrected chi connectivity index (χ0v) is 11.0. The Morgan fingerprint density at radius 1 is 1.21 bits per heavy atom. The Bertz CT molecular complexity index is 511. The molecule has 0 aromatic heterocycles. The average molecular weight is 297 g/mol. The average Bonchev–Trinajstić information content (AvgIpc) is 2.27. The molecule has 0 aliphatic carbocycles. The smallest absolute Gasteiger partial charge is 0.402 e. The van der Waals surface area contributed by atoms with Crippen molar-refractivity contribution in [3.8, 4) is 5.75 Å². The third kappa shape index (κ3) is 4.39. The molecule has 0 unspecified atom stereocenters. The van der Waals surface area contributed by atoms with Gasteiger partial charge in [-0.1, -0.05) is 6.92 Å². The first-order valence-electron chi connectivity index (χ1n) is 5.53. The molecule has 1 aromatic carbocycles. The molecule has 0 saturated heterocycles. The monoisotopic (exact) mass is 297 g/mol. The number of benzene rings is 1. The van der Waals surface area contributed by atoms with Gasteiger partial charge in [0.15, 0.2) is 0 Å². The van der Waals surface area contributed by atoms with Crippen molar-refractivity contribution in [1.82, 2.24) is 4.31 Å². The van der Waals surface area contributed by atoms with Crippen molar-refractivity contribution < 1.29 is 26.7 Å². The van der Waals surface area contributed by atoms with E-state index >= 15 is 0 Å². The molecule has 0 aliphatic rings. The number of aromatic hydroxyl groups is 1. The standard InChI is InChI=1S/C11H14F3NO3S/c1-2-7-15(8-11(12,13)14)19(17,18)10-5-3-9(16)4-6-10/h3-6,16H,2,7-8H2,1H3. The predicted molar refractivity (Wildman–Crippen MR) is 63.2 cm³/mol. The third-order valence-corrected chi connectivity index (χ3v) is 4.16. The molecule has 4 nitrogen and oxygen atoms in total. The van der Waals surface area contributed by atoms with E-state index in [4.69, 9.17) is 5.11 Å². The van der Waals surface area contributed by atoms with Crippen molar-refractivity contribution in [2.24, 2.45) is 0 Å². The number of nitrogens with zero attached hydrogens (tertiary/aromatic N) is 1. The minimum Gasteiger partial charge on any atom is -0.508 e. The summed E-state index contributed by atoms with van der Waals surface area (Å²) in [5.41, 5.74) is 0. The molecule has 108 valence electrons. The second-order valence-corrected chi connectivity index (χ2v) is 5.89. The minimum atomic E-state index is -4.60. The van der Waals surface area contributed by atoms with Gasteiger partial charge in [0.05, 0.1) is 4.90 Å². The molecule has 1 rings (SSSR count). The van der Waals surface area contributed by atoms with E-state index in [1.165, 1.54) is 0 Å². The summed E-state index contributed by atoms with van der Waals surface area (Å²) in [6.07, 6.45) is -4.33. The van der Waals surface area contributed by atoms with E-state index in [1.54, 1.807) is 6.92 Å². The zero-order chi connectivity index (χ0) is 14.7. The molecule has 0 radical (unpaired) electrons. The van der Waals surface area contributed by atoms with Gasteiger partial charge < -0.3 is 5.11 Å². The van der Waals surface area contributed by atoms with Gasteiger partial charge >= 0.3 is 6.18 Å². The molecule has 1 aromatic rings. The Balaban J connectivity index is 3.09. The number of halogens is 3. The van der Waals surface area contributed by atoms with Crippen LogP contribution in [0.15, 0.2) is 29.2 Å². The molecular weight excluding hydrogens is 283 g/mol. The second kappa shape index (κ2) is 5.79. The summed E-state index contributed by atoms with van der Waals surface area (Å²) in [4.78, 5) is -0.275. The Kier molecular flexibility index (Phi) is 4.81. The normalized spacial score (nSPS) is 12.9. The Morgan fingerprint density at radius 2 is 1.74 bits per heavy atom. The lowest BCUT2D eigenvalue weighted by atomic mass is 10.3. The van der Waals surface area contributed by atoms with Crippen LogP contribution in [-0.4, -0.2) is 37.1 Å². The minimum absolute atomic E-state index is 0.156. The van der Waals surface area contributed by atoms with Crippen LogP contribution in [0, 0.1) is 0 Å². The summed E-state index contributed by atoms with van der Waals surface area (Å²) in [5, 5.41) is 9.06. The molecule has 0 aliphatic heterocycles. The largest absolute Gasteiger partial charge is 0.508 e. The van der Waals surface area contributed by atoms with E-state index < -0.39 is 22.7 Å². The van der Waals surface area contributed by atoms with E-state index in [0.717, 1.165) is 24.3 Å². The van der Waals surface area contributed by atoms with Crippen LogP contribution < -0.4 is 0 Å². The fourth-order valence-electron chi connectivity index (χ4n) is 1.50. The number of phenolic OH excluding ortho intramolecular Hbond substituents is 1. The molecule has 0 spiro atoms. The van der Waals surface area contributed by atoms with Crippen molar-refractivity contribution in [3.63, 3.8) is 0 Å². The van der Waals surface area contributed by atoms with Crippen molar-refractivity contribution in [2.45, 2.75) is 24.4 Å². The maximum atomic E-state index is 12.4. The topological polar surface area (TPSA) is 57.6 Å². The van der Waals surface area contributed by atoms with Crippen LogP contribution in [0.25, 0.3) is 0 Å². The van der Waals surface area contributed by atoms with Crippen LogP contribution in [0.5, 0.6) is 5.75 Å². The highest BCUT2D eigenvalue weighted by molar-refractivity contribution is 7.89. The zero-order valence-electron chi connectivity index (χ0n) is 10.2. The molecule has 8 heteroatoms. The van der Waals surface area contributed by atoms with Crippen LogP contribution >= 0.6 is 0 Å². The van der Waals surface area contributed by atoms with Gasteiger partial charge in [-0.15, -0.1) is 0 Å². The van der Waals surface area contributed by atoms with Gasteiger partial charge in [0.25, 0.3) is 0 Å². The van der Waals surface area contributed by atoms with Crippen molar-refractivity contribution >= 4 is 10.0 Å². The van der Waals surface area contributed by atoms with E-state index in [1.807, 2.05) is 0 Å². The number of hydrogen-bond donors (Lipinski definition) is 1. The molecule has 0 bridgehead atoms. The number of alkyl halides is 3. The Hall–Kier alpha value is -1.28. The third-order valence-electron chi connectivity index (χ3n) is 2.30. The van der Waals surface area contributed by atoms with Gasteiger partial charge in [0.1, 0.15) is 12.3 Å². The van der Waals surface area contributed by atoms with E-state index in [9.17, 15) is 21.6 Å². The first kappa shape index (κ1) is 15.8. The SMILES string of the molecule is CCCN(CC(F)(F)F)S(=O)(=O)c1ccc(O)cc1. The molecule has 0 atom stereocenters. The number of sulfonamides is 1. The number of hydrogen-bond acceptors (Lipinski definition) is 3. The van der Waals surface area contributed by atoms with E-state index in [0.29, 0.717) is 4.31 Å². The Morgan fingerprint density at radius 3 is 2.16 bits per heavy atom. The lowest BCUT2D eigenvalue weighted by Crippen LogP contribution is -2.39. The van der Waals surface area contributed by atoms with Crippen LogP contribution in [0.1, 0.15) is 13.3 Å². The van der Waals surface area contributed by atoms with Gasteiger partial charge in [-0.2, -0.15) is 17.5 Å². The highest BCUT2D eigenvalue weighted by Gasteiger charge is 2.36. The second-order valence-electron chi connectivity index (χ2n) is 3.95. The van der Waals surface area contributed by atoms with Crippen molar-refractivity contribution in [3.05, 3.63) is 24.3 Å². The van der Waals surface area contributed by atoms with E-state index in [-0.39, 0.29) is 23.6 Å². The van der Waals surface area contributed by atoms with Crippen LogP contribution in [-0.2, 0) is 10.0 Å². The lowest BCUT2D eigenvalue weighted by molar-refractivity contribution is -0.136. The summed E-state index contributed by atoms with van der Waals surface area (Å²) in [6.45, 7) is -0.150. The summed E-state index contributed by atoms with van der Waals surface area (Å²) < 4.78 is 61.7. The summed E-state index contributed by atoms with van der Waals surface area (Å²) in [5.74, 6) is -0.156. The molecule has 1 N–H and O–H groups in total. The molecule has 0 heterocycles. The summed E-state index contributed by atoms with van der Waals surface area (Å²) in [6, 6.07) is 4.38. The Labute approximate surface area is 109 Å². The van der Waals surface area contributed by atoms with Gasteiger partial charge in [0, 0.05) is 6.54 Å². The fourth-order valence-corrected chi connectivity index (χ4v) is 3.02. The highest BCUT2D eigenvalue weighted by atomic mass is 32.2. The van der Waals surface area contributed by atoms with Gasteiger partial charge in [-0.3, -0.25) is 0 Å². The molecule has 0 amide bonds. The first-order valence-corrected chi connectivity index (χ1v) is 6.97. The van der Waals surface area contributed by atoms with Gasteiger partial charge in [0.2, 0.25) is 10.0 Å². The summed E-state index contributed by atoms with van der Waals surface area (Å²) >= 11 is 0. The quantitative estimate of drug-likeness (QED) is 0.907. The lowest BCUT2D eigenvalue weighted by Gasteiger charge is -2.22. The van der Waals surface area contributed by atoms with Crippen LogP contribution in [0.3, 0.4) is 0 Å². The van der Waals surface area contributed by atoms with Gasteiger partial charge in [-0.25, -0.2) is 8.42 Å². The number of phenols is 1. The molecule has 19 heavy (non-hydrogen) atoms. The van der Waals surface area contributed by atoms with Gasteiger partial charge in [-0.05, 0) is 30.7 Å². The van der Waals surface area contributed by atoms with E-state index in [2.05, 4.69) is 0 Å². The van der Waals surface area contributed by atoms with Crippen LogP contribution in [0.4, 0.5) is 13.2 Å². The highest BCUT2D eigenvalue weighted by Crippen LogP contribution is 2.24.